The first kappa shape index (κ1) is 12.1. The Morgan fingerprint density at radius 3 is 2.77 bits per heavy atom. The van der Waals surface area contributed by atoms with E-state index >= 15 is 0 Å². The predicted octanol–water partition coefficient (Wildman–Crippen LogP) is 0.0425. The number of hydrogen-bond donors (Lipinski definition) is 2. The van der Waals surface area contributed by atoms with Crippen molar-refractivity contribution < 1.29 is 9.53 Å². The Hall–Kier alpha value is -0.870. The summed E-state index contributed by atoms with van der Waals surface area (Å²) in [6, 6.07) is -0.487. The third kappa shape index (κ3) is 6.31. The first-order valence-corrected chi connectivity index (χ1v) is 4.24. The summed E-state index contributed by atoms with van der Waals surface area (Å²) in [5, 5.41) is 2.67. The van der Waals surface area contributed by atoms with Crippen LogP contribution in [0.15, 0.2) is 12.2 Å². The number of carbonyl (C=O) groups is 1. The third-order valence-electron chi connectivity index (χ3n) is 1.53. The minimum atomic E-state index is -0.487. The lowest BCUT2D eigenvalue weighted by molar-refractivity contribution is -0.122. The molecule has 0 radical (unpaired) electrons. The Morgan fingerprint density at radius 2 is 2.31 bits per heavy atom. The summed E-state index contributed by atoms with van der Waals surface area (Å²) in [6.45, 7) is 6.50. The molecule has 0 aromatic carbocycles. The van der Waals surface area contributed by atoms with Gasteiger partial charge in [-0.15, -0.1) is 0 Å². The lowest BCUT2D eigenvalue weighted by Crippen LogP contribution is -2.41. The molecular formula is C9H18N2O2. The zero-order valence-electron chi connectivity index (χ0n) is 8.30. The Bertz CT molecular complexity index is 180. The maximum absolute atomic E-state index is 11.2. The first-order chi connectivity index (χ1) is 6.07. The fourth-order valence-electron chi connectivity index (χ4n) is 0.745. The summed E-state index contributed by atoms with van der Waals surface area (Å²) >= 11 is 0. The van der Waals surface area contributed by atoms with E-state index < -0.39 is 6.04 Å². The molecule has 0 aromatic heterocycles. The molecule has 4 nitrogen and oxygen atoms in total. The highest BCUT2D eigenvalue weighted by molar-refractivity contribution is 5.81. The van der Waals surface area contributed by atoms with Crippen molar-refractivity contribution in [1.82, 2.24) is 5.32 Å². The van der Waals surface area contributed by atoms with Crippen LogP contribution in [-0.4, -0.2) is 32.2 Å². The van der Waals surface area contributed by atoms with Crippen LogP contribution in [-0.2, 0) is 9.53 Å². The Morgan fingerprint density at radius 1 is 1.69 bits per heavy atom. The van der Waals surface area contributed by atoms with Gasteiger partial charge in [-0.2, -0.15) is 0 Å². The Kier molecular flexibility index (Phi) is 6.18. The van der Waals surface area contributed by atoms with Crippen LogP contribution >= 0.6 is 0 Å². The quantitative estimate of drug-likeness (QED) is 0.576. The van der Waals surface area contributed by atoms with Gasteiger partial charge in [0.2, 0.25) is 5.91 Å². The van der Waals surface area contributed by atoms with Crippen LogP contribution in [0.3, 0.4) is 0 Å². The van der Waals surface area contributed by atoms with Crippen LogP contribution in [0.25, 0.3) is 0 Å². The average molecular weight is 186 g/mol. The van der Waals surface area contributed by atoms with Crippen molar-refractivity contribution in [2.45, 2.75) is 19.4 Å². The van der Waals surface area contributed by atoms with E-state index in [0.29, 0.717) is 19.6 Å². The molecular weight excluding hydrogens is 168 g/mol. The predicted molar refractivity (Wildman–Crippen MR) is 52.3 cm³/mol. The van der Waals surface area contributed by atoms with E-state index in [1.54, 1.807) is 7.11 Å². The number of ether oxygens (including phenoxy) is 1. The monoisotopic (exact) mass is 186 g/mol. The topological polar surface area (TPSA) is 64.4 Å². The molecule has 1 amide bonds. The number of amides is 1. The van der Waals surface area contributed by atoms with Gasteiger partial charge in [-0.1, -0.05) is 12.2 Å². The van der Waals surface area contributed by atoms with Gasteiger partial charge in [-0.05, 0) is 13.3 Å². The molecule has 0 fully saturated rings. The molecule has 4 heteroatoms. The third-order valence-corrected chi connectivity index (χ3v) is 1.53. The summed E-state index contributed by atoms with van der Waals surface area (Å²) < 4.78 is 4.81. The number of rotatable bonds is 6. The first-order valence-electron chi connectivity index (χ1n) is 4.24. The second-order valence-corrected chi connectivity index (χ2v) is 3.06. The molecule has 3 N–H and O–H groups in total. The van der Waals surface area contributed by atoms with Gasteiger partial charge in [0.15, 0.2) is 0 Å². The van der Waals surface area contributed by atoms with Gasteiger partial charge in [0.1, 0.15) is 0 Å². The van der Waals surface area contributed by atoms with Crippen molar-refractivity contribution in [2.75, 3.05) is 20.3 Å². The van der Waals surface area contributed by atoms with Gasteiger partial charge in [0, 0.05) is 20.3 Å². The van der Waals surface area contributed by atoms with Crippen LogP contribution in [0.5, 0.6) is 0 Å². The van der Waals surface area contributed by atoms with Gasteiger partial charge in [0.05, 0.1) is 6.04 Å². The van der Waals surface area contributed by atoms with E-state index in [1.165, 1.54) is 0 Å². The van der Waals surface area contributed by atoms with Gasteiger partial charge < -0.3 is 15.8 Å². The summed E-state index contributed by atoms with van der Waals surface area (Å²) in [4.78, 5) is 11.2. The summed E-state index contributed by atoms with van der Waals surface area (Å²) in [6.07, 6.45) is 0.540. The number of nitrogens with two attached hydrogens (primary N) is 1. The molecule has 1 atom stereocenters. The highest BCUT2D eigenvalue weighted by Crippen LogP contribution is 1.90. The molecule has 0 saturated heterocycles. The molecule has 13 heavy (non-hydrogen) atoms. The molecule has 0 aromatic rings. The van der Waals surface area contributed by atoms with Gasteiger partial charge in [0.25, 0.3) is 0 Å². The Labute approximate surface area is 79.1 Å². The van der Waals surface area contributed by atoms with E-state index in [2.05, 4.69) is 11.9 Å². The van der Waals surface area contributed by atoms with E-state index in [-0.39, 0.29) is 5.91 Å². The highest BCUT2D eigenvalue weighted by atomic mass is 16.5. The van der Waals surface area contributed by atoms with Crippen molar-refractivity contribution in [3.05, 3.63) is 12.2 Å². The molecule has 0 aliphatic carbocycles. The maximum atomic E-state index is 11.2. The molecule has 0 saturated carbocycles. The summed E-state index contributed by atoms with van der Waals surface area (Å²) in [5.74, 6) is -0.153. The highest BCUT2D eigenvalue weighted by Gasteiger charge is 2.11. The smallest absolute Gasteiger partial charge is 0.237 e. The minimum absolute atomic E-state index is 0.153. The number of hydrogen-bond acceptors (Lipinski definition) is 3. The largest absolute Gasteiger partial charge is 0.385 e. The molecule has 0 bridgehead atoms. The van der Waals surface area contributed by atoms with Crippen molar-refractivity contribution in [2.24, 2.45) is 5.73 Å². The minimum Gasteiger partial charge on any atom is -0.385 e. The molecule has 76 valence electrons. The molecule has 0 rings (SSSR count). The van der Waals surface area contributed by atoms with Crippen molar-refractivity contribution >= 4 is 5.91 Å². The number of methoxy groups -OCH3 is 1. The lowest BCUT2D eigenvalue weighted by Gasteiger charge is -2.11. The van der Waals surface area contributed by atoms with Crippen LogP contribution in [0.2, 0.25) is 0 Å². The van der Waals surface area contributed by atoms with E-state index in [9.17, 15) is 4.79 Å². The number of carbonyl (C=O) groups excluding carboxylic acids is 1. The normalized spacial score (nSPS) is 12.2. The molecule has 0 aliphatic rings. The van der Waals surface area contributed by atoms with Crippen LogP contribution in [0.4, 0.5) is 0 Å². The lowest BCUT2D eigenvalue weighted by atomic mass is 10.2. The summed E-state index contributed by atoms with van der Waals surface area (Å²) in [7, 11) is 1.58. The average Bonchev–Trinajstić information content (AvgIpc) is 2.10. The van der Waals surface area contributed by atoms with Crippen molar-refractivity contribution in [3.63, 3.8) is 0 Å². The van der Waals surface area contributed by atoms with Crippen molar-refractivity contribution in [3.8, 4) is 0 Å². The van der Waals surface area contributed by atoms with Gasteiger partial charge in [-0.3, -0.25) is 4.79 Å². The zero-order valence-corrected chi connectivity index (χ0v) is 8.30. The molecule has 0 spiro atoms. The summed E-state index contributed by atoms with van der Waals surface area (Å²) in [5.41, 5.74) is 6.48. The van der Waals surface area contributed by atoms with Gasteiger partial charge in [-0.25, -0.2) is 0 Å². The van der Waals surface area contributed by atoms with E-state index in [4.69, 9.17) is 10.5 Å². The molecule has 1 unspecified atom stereocenters. The van der Waals surface area contributed by atoms with Crippen LogP contribution in [0, 0.1) is 0 Å². The van der Waals surface area contributed by atoms with Crippen molar-refractivity contribution in [1.29, 1.82) is 0 Å². The fraction of sp³-hybridized carbons (Fsp3) is 0.667. The Balaban J connectivity index is 3.63. The van der Waals surface area contributed by atoms with E-state index in [1.807, 2.05) is 6.92 Å². The second kappa shape index (κ2) is 6.62. The van der Waals surface area contributed by atoms with Crippen LogP contribution < -0.4 is 11.1 Å². The molecule has 0 heterocycles. The molecule has 0 aliphatic heterocycles. The van der Waals surface area contributed by atoms with E-state index in [0.717, 1.165) is 5.57 Å². The fourth-order valence-corrected chi connectivity index (χ4v) is 0.745. The van der Waals surface area contributed by atoms with Crippen LogP contribution in [0.1, 0.15) is 13.3 Å². The number of nitrogens with one attached hydrogen (secondary N) is 1. The second-order valence-electron chi connectivity index (χ2n) is 3.06. The SMILES string of the molecule is C=C(C)CNC(=O)C(N)CCOC. The zero-order chi connectivity index (χ0) is 10.3. The maximum Gasteiger partial charge on any atom is 0.237 e. The van der Waals surface area contributed by atoms with Gasteiger partial charge >= 0.3 is 0 Å². The standard InChI is InChI=1S/C9H18N2O2/c1-7(2)6-11-9(12)8(10)4-5-13-3/h8H,1,4-6,10H2,2-3H3,(H,11,12).